The summed E-state index contributed by atoms with van der Waals surface area (Å²) in [4.78, 5) is 40.0. The van der Waals surface area contributed by atoms with Crippen LogP contribution in [0, 0.1) is 11.3 Å². The summed E-state index contributed by atoms with van der Waals surface area (Å²) in [6.45, 7) is 8.45. The Hall–Kier alpha value is -3.01. The van der Waals surface area contributed by atoms with E-state index in [1.807, 2.05) is 0 Å². The van der Waals surface area contributed by atoms with Gasteiger partial charge >= 0.3 is 0 Å². The molecule has 0 aromatic rings. The molecular weight excluding hydrogens is 480 g/mol. The molecule has 0 unspecified atom stereocenters. The van der Waals surface area contributed by atoms with Gasteiger partial charge in [0.05, 0.1) is 5.41 Å². The van der Waals surface area contributed by atoms with Crippen molar-refractivity contribution in [2.75, 3.05) is 0 Å². The van der Waals surface area contributed by atoms with Crippen molar-refractivity contribution in [1.29, 1.82) is 0 Å². The number of Topliss-reactive ketones (excluding diaryl/α,β-unsaturated/α-hetero) is 3. The zero-order valence-corrected chi connectivity index (χ0v) is 22.1. The number of fused-ring (bicyclic) bond motifs is 3. The van der Waals surface area contributed by atoms with Crippen LogP contribution in [0.15, 0.2) is 58.3 Å². The Labute approximate surface area is 216 Å². The van der Waals surface area contributed by atoms with E-state index in [0.717, 1.165) is 6.92 Å². The molecule has 0 aromatic carbocycles. The Bertz CT molecular complexity index is 1200. The van der Waals surface area contributed by atoms with Crippen LogP contribution in [0.4, 0.5) is 0 Å². The molecule has 1 aliphatic heterocycles. The van der Waals surface area contributed by atoms with Crippen LogP contribution in [0.2, 0.25) is 0 Å². The van der Waals surface area contributed by atoms with Gasteiger partial charge in [-0.05, 0) is 54.4 Å². The summed E-state index contributed by atoms with van der Waals surface area (Å²) in [5.41, 5.74) is -7.94. The Morgan fingerprint density at radius 1 is 0.919 bits per heavy atom. The fraction of sp³-hybridized carbons (Fsp3) is 0.536. The second-order valence-corrected chi connectivity index (χ2v) is 10.4. The van der Waals surface area contributed by atoms with Crippen molar-refractivity contribution in [2.24, 2.45) is 11.3 Å². The highest BCUT2D eigenvalue weighted by Gasteiger charge is 2.81. The van der Waals surface area contributed by atoms with Crippen LogP contribution in [0.25, 0.3) is 0 Å². The largest absolute Gasteiger partial charge is 0.511 e. The van der Waals surface area contributed by atoms with Crippen LogP contribution in [0.5, 0.6) is 0 Å². The molecule has 0 aromatic heterocycles. The number of hydrogen-bond acceptors (Lipinski definition) is 9. The van der Waals surface area contributed by atoms with Gasteiger partial charge in [-0.15, -0.1) is 0 Å². The zero-order valence-electron chi connectivity index (χ0n) is 22.1. The molecule has 9 nitrogen and oxygen atoms in total. The first-order valence-electron chi connectivity index (χ1n) is 12.3. The highest BCUT2D eigenvalue weighted by molar-refractivity contribution is 6.24. The molecule has 1 saturated heterocycles. The lowest BCUT2D eigenvalue weighted by Gasteiger charge is -2.50. The zero-order chi connectivity index (χ0) is 28.1. The summed E-state index contributed by atoms with van der Waals surface area (Å²) in [7, 11) is 0. The van der Waals surface area contributed by atoms with Crippen molar-refractivity contribution in [3.8, 4) is 0 Å². The number of carbonyl (C=O) groups excluding carboxylic acids is 3. The molecule has 37 heavy (non-hydrogen) atoms. The van der Waals surface area contributed by atoms with Gasteiger partial charge < -0.3 is 30.3 Å². The summed E-state index contributed by atoms with van der Waals surface area (Å²) >= 11 is 0. The molecule has 0 radical (unpaired) electrons. The molecule has 0 spiro atoms. The van der Waals surface area contributed by atoms with Crippen LogP contribution in [0.3, 0.4) is 0 Å². The summed E-state index contributed by atoms with van der Waals surface area (Å²) in [6.07, 6.45) is 7.31. The Morgan fingerprint density at radius 2 is 1.43 bits per heavy atom. The monoisotopic (exact) mass is 516 g/mol. The van der Waals surface area contributed by atoms with E-state index in [2.05, 4.69) is 0 Å². The second-order valence-electron chi connectivity index (χ2n) is 10.4. The molecule has 0 bridgehead atoms. The first-order valence-corrected chi connectivity index (χ1v) is 12.3. The molecule has 1 fully saturated rings. The number of ketones is 3. The third-order valence-electron chi connectivity index (χ3n) is 8.10. The van der Waals surface area contributed by atoms with Crippen LogP contribution in [-0.4, -0.2) is 59.9 Å². The van der Waals surface area contributed by atoms with Crippen molar-refractivity contribution in [2.45, 2.75) is 84.2 Å². The lowest BCUT2D eigenvalue weighted by molar-refractivity contribution is -0.319. The summed E-state index contributed by atoms with van der Waals surface area (Å²) < 4.78 is 5.92. The molecular formula is C28H36O9. The van der Waals surface area contributed by atoms with Crippen molar-refractivity contribution in [1.82, 2.24) is 0 Å². The summed E-state index contributed by atoms with van der Waals surface area (Å²) in [5, 5.41) is 57.0. The molecule has 9 heteroatoms. The maximum Gasteiger partial charge on any atom is 0.216 e. The highest BCUT2D eigenvalue weighted by Crippen LogP contribution is 2.68. The number of allylic oxidation sites excluding steroid dienone is 5. The van der Waals surface area contributed by atoms with Crippen molar-refractivity contribution in [3.05, 3.63) is 58.3 Å². The van der Waals surface area contributed by atoms with E-state index in [-0.39, 0.29) is 30.4 Å². The predicted molar refractivity (Wildman–Crippen MR) is 134 cm³/mol. The number of aliphatic hydroxyl groups is 5. The van der Waals surface area contributed by atoms with Crippen LogP contribution < -0.4 is 0 Å². The van der Waals surface area contributed by atoms with Crippen molar-refractivity contribution in [3.63, 3.8) is 0 Å². The van der Waals surface area contributed by atoms with E-state index >= 15 is 0 Å². The topological polar surface area (TPSA) is 162 Å². The first kappa shape index (κ1) is 28.6. The maximum atomic E-state index is 13.5. The lowest BCUT2D eigenvalue weighted by atomic mass is 9.54. The summed E-state index contributed by atoms with van der Waals surface area (Å²) in [5.74, 6) is -8.87. The minimum atomic E-state index is -2.89. The molecule has 1 heterocycles. The minimum absolute atomic E-state index is 0.0478. The lowest BCUT2D eigenvalue weighted by Crippen LogP contribution is -2.69. The molecule has 0 saturated carbocycles. The van der Waals surface area contributed by atoms with E-state index in [1.54, 1.807) is 38.2 Å². The molecule has 5 N–H and O–H groups in total. The Kier molecular flexibility index (Phi) is 7.24. The normalized spacial score (nSPS) is 36.1. The van der Waals surface area contributed by atoms with Gasteiger partial charge in [0.1, 0.15) is 28.5 Å². The van der Waals surface area contributed by atoms with E-state index in [4.69, 9.17) is 4.74 Å². The maximum absolute atomic E-state index is 13.5. The van der Waals surface area contributed by atoms with Gasteiger partial charge in [-0.3, -0.25) is 14.4 Å². The smallest absolute Gasteiger partial charge is 0.216 e. The number of hydrogen-bond donors (Lipinski definition) is 5. The third-order valence-corrected chi connectivity index (χ3v) is 8.10. The Morgan fingerprint density at radius 3 is 1.95 bits per heavy atom. The van der Waals surface area contributed by atoms with Crippen molar-refractivity contribution < 1.29 is 44.7 Å². The molecule has 202 valence electrons. The number of carbonyl (C=O) groups is 3. The van der Waals surface area contributed by atoms with Crippen molar-refractivity contribution >= 4 is 17.3 Å². The quantitative estimate of drug-likeness (QED) is 0.239. The van der Waals surface area contributed by atoms with Gasteiger partial charge in [0.2, 0.25) is 11.6 Å². The number of rotatable bonds is 8. The second kappa shape index (κ2) is 9.38. The van der Waals surface area contributed by atoms with Gasteiger partial charge in [-0.25, -0.2) is 0 Å². The van der Waals surface area contributed by atoms with Crippen LogP contribution in [-0.2, 0) is 19.1 Å². The minimum Gasteiger partial charge on any atom is -0.511 e. The van der Waals surface area contributed by atoms with Crippen LogP contribution in [0.1, 0.15) is 67.2 Å². The van der Waals surface area contributed by atoms with Gasteiger partial charge in [0.25, 0.3) is 0 Å². The molecule has 0 amide bonds. The number of aliphatic hydroxyl groups excluding tert-OH is 3. The molecule has 2 aliphatic carbocycles. The van der Waals surface area contributed by atoms with Gasteiger partial charge in [0.15, 0.2) is 17.2 Å². The standard InChI is InChI=1S/C28H36O9/c1-7-9-11-13-16(29)18-20(31)15(3)22(32)26(5)21(18)25(4)23(33)19(17(30)14-12-10-8-2)24(34)27(6,35)28(25,36)37-26/h7-10,21,31-33,35-36H,11-14H2,1-6H3/b9-7+,10-8+/t21-,25-,26+,27+,28-/m1/s1. The van der Waals surface area contributed by atoms with E-state index < -0.39 is 68.5 Å². The predicted octanol–water partition coefficient (Wildman–Crippen LogP) is 3.74. The molecule has 3 rings (SSSR count). The highest BCUT2D eigenvalue weighted by atomic mass is 16.7. The third kappa shape index (κ3) is 3.66. The Balaban J connectivity index is 2.35. The van der Waals surface area contributed by atoms with E-state index in [9.17, 15) is 39.9 Å². The molecule has 5 atom stereocenters. The number of ether oxygens (including phenoxy) is 1. The average molecular weight is 517 g/mol. The van der Waals surface area contributed by atoms with Gasteiger partial charge in [0, 0.05) is 29.9 Å². The van der Waals surface area contributed by atoms with Gasteiger partial charge in [-0.2, -0.15) is 0 Å². The molecule has 3 aliphatic rings. The summed E-state index contributed by atoms with van der Waals surface area (Å²) in [6, 6.07) is 0. The fourth-order valence-corrected chi connectivity index (χ4v) is 6.03. The van der Waals surface area contributed by atoms with Gasteiger partial charge in [-0.1, -0.05) is 24.3 Å². The fourth-order valence-electron chi connectivity index (χ4n) is 6.03. The first-order chi connectivity index (χ1) is 17.1. The SMILES string of the molecule is C/C=C/CCC(=O)C1=C(O)[C@@]2(C)[C@H]3C(C(=O)CC/C=C/C)=C(O)C(C)=C(O)[C@@]3(C)O[C@@]2(O)[C@@](C)(O)C1=O. The van der Waals surface area contributed by atoms with E-state index in [0.29, 0.717) is 6.42 Å². The van der Waals surface area contributed by atoms with Crippen LogP contribution >= 0.6 is 0 Å². The average Bonchev–Trinajstić information content (AvgIpc) is 3.03. The van der Waals surface area contributed by atoms with E-state index in [1.165, 1.54) is 20.8 Å².